The summed E-state index contributed by atoms with van der Waals surface area (Å²) in [7, 11) is 0. The molecule has 2 aromatic rings. The number of amides is 1. The van der Waals surface area contributed by atoms with Gasteiger partial charge in [-0.05, 0) is 31.2 Å². The van der Waals surface area contributed by atoms with Crippen LogP contribution in [0.2, 0.25) is 0 Å². The predicted molar refractivity (Wildman–Crippen MR) is 86.6 cm³/mol. The Bertz CT molecular complexity index is 688. The second-order valence-corrected chi connectivity index (χ2v) is 5.32. The van der Waals surface area contributed by atoms with E-state index in [2.05, 4.69) is 4.98 Å². The van der Waals surface area contributed by atoms with Gasteiger partial charge < -0.3 is 20.1 Å². The number of benzene rings is 1. The van der Waals surface area contributed by atoms with Crippen LogP contribution in [-0.2, 0) is 0 Å². The molecule has 3 rings (SSSR count). The summed E-state index contributed by atoms with van der Waals surface area (Å²) in [6, 6.07) is 10.8. The second kappa shape index (κ2) is 6.56. The van der Waals surface area contributed by atoms with Gasteiger partial charge in [0, 0.05) is 6.54 Å². The summed E-state index contributed by atoms with van der Waals surface area (Å²) in [6.07, 6.45) is 1.28. The first-order valence-electron chi connectivity index (χ1n) is 7.56. The van der Waals surface area contributed by atoms with E-state index in [9.17, 15) is 4.79 Å². The number of aromatic nitrogens is 1. The molecule has 1 aliphatic heterocycles. The highest BCUT2D eigenvalue weighted by atomic mass is 16.6. The average Bonchev–Trinajstić information content (AvgIpc) is 2.59. The van der Waals surface area contributed by atoms with Crippen molar-refractivity contribution in [3.8, 4) is 11.5 Å². The van der Waals surface area contributed by atoms with Crippen molar-refractivity contribution >= 4 is 11.6 Å². The Labute approximate surface area is 134 Å². The fraction of sp³-hybridized carbons (Fsp3) is 0.294. The number of para-hydroxylation sites is 2. The number of pyridine rings is 1. The molecule has 0 radical (unpaired) electrons. The van der Waals surface area contributed by atoms with Crippen molar-refractivity contribution < 1.29 is 14.3 Å². The van der Waals surface area contributed by atoms with Crippen LogP contribution in [0.15, 0.2) is 42.6 Å². The van der Waals surface area contributed by atoms with Crippen LogP contribution in [-0.4, -0.2) is 41.6 Å². The zero-order chi connectivity index (χ0) is 16.2. The number of hydrogen-bond donors (Lipinski definition) is 1. The van der Waals surface area contributed by atoms with E-state index >= 15 is 0 Å². The Morgan fingerprint density at radius 3 is 2.78 bits per heavy atom. The molecule has 0 spiro atoms. The number of nitrogens with two attached hydrogens (primary N) is 1. The Morgan fingerprint density at radius 2 is 2.09 bits per heavy atom. The number of nitrogen functional groups attached to an aromatic ring is 1. The van der Waals surface area contributed by atoms with Crippen molar-refractivity contribution in [2.24, 2.45) is 0 Å². The largest absolute Gasteiger partial charge is 0.486 e. The SMILES string of the molecule is CCN(CC1COc2ccccc2O1)C(=O)c1ccc(N)cn1. The Balaban J connectivity index is 1.68. The molecule has 0 saturated heterocycles. The van der Waals surface area contributed by atoms with Crippen molar-refractivity contribution in [1.29, 1.82) is 0 Å². The highest BCUT2D eigenvalue weighted by molar-refractivity contribution is 5.92. The number of carbonyl (C=O) groups is 1. The molecular formula is C17H19N3O3. The number of ether oxygens (including phenoxy) is 2. The molecule has 1 aromatic carbocycles. The summed E-state index contributed by atoms with van der Waals surface area (Å²) >= 11 is 0. The van der Waals surface area contributed by atoms with E-state index in [0.717, 1.165) is 5.75 Å². The standard InChI is InChI=1S/C17H19N3O3/c1-2-20(17(21)14-8-7-12(18)9-19-14)10-13-11-22-15-5-3-4-6-16(15)23-13/h3-9,13H,2,10-11,18H2,1H3. The summed E-state index contributed by atoms with van der Waals surface area (Å²) in [5, 5.41) is 0. The van der Waals surface area contributed by atoms with Crippen LogP contribution in [0.4, 0.5) is 5.69 Å². The molecule has 2 N–H and O–H groups in total. The van der Waals surface area contributed by atoms with E-state index in [1.54, 1.807) is 17.0 Å². The van der Waals surface area contributed by atoms with Gasteiger partial charge in [-0.3, -0.25) is 4.79 Å². The van der Waals surface area contributed by atoms with Crippen LogP contribution >= 0.6 is 0 Å². The topological polar surface area (TPSA) is 77.7 Å². The van der Waals surface area contributed by atoms with Crippen molar-refractivity contribution in [3.05, 3.63) is 48.3 Å². The minimum Gasteiger partial charge on any atom is -0.486 e. The lowest BCUT2D eigenvalue weighted by atomic mass is 10.2. The van der Waals surface area contributed by atoms with E-state index in [1.165, 1.54) is 6.20 Å². The van der Waals surface area contributed by atoms with E-state index in [0.29, 0.717) is 36.8 Å². The summed E-state index contributed by atoms with van der Waals surface area (Å²) in [6.45, 7) is 3.34. The third-order valence-electron chi connectivity index (χ3n) is 3.67. The number of carbonyl (C=O) groups excluding carboxylic acids is 1. The Kier molecular flexibility index (Phi) is 4.32. The van der Waals surface area contributed by atoms with E-state index in [-0.39, 0.29) is 12.0 Å². The number of nitrogens with zero attached hydrogens (tertiary/aromatic N) is 2. The van der Waals surface area contributed by atoms with Crippen molar-refractivity contribution in [3.63, 3.8) is 0 Å². The first-order chi connectivity index (χ1) is 11.2. The number of fused-ring (bicyclic) bond motifs is 1. The van der Waals surface area contributed by atoms with Crippen molar-refractivity contribution in [2.45, 2.75) is 13.0 Å². The third kappa shape index (κ3) is 3.36. The van der Waals surface area contributed by atoms with Crippen LogP contribution < -0.4 is 15.2 Å². The van der Waals surface area contributed by atoms with Crippen LogP contribution in [0.3, 0.4) is 0 Å². The van der Waals surface area contributed by atoms with E-state index < -0.39 is 0 Å². The molecule has 0 fully saturated rings. The zero-order valence-corrected chi connectivity index (χ0v) is 12.9. The van der Waals surface area contributed by atoms with Gasteiger partial charge in [0.1, 0.15) is 12.3 Å². The minimum atomic E-state index is -0.206. The summed E-state index contributed by atoms with van der Waals surface area (Å²) in [5.74, 6) is 1.30. The van der Waals surface area contributed by atoms with Gasteiger partial charge in [-0.25, -0.2) is 4.98 Å². The Hall–Kier alpha value is -2.76. The van der Waals surface area contributed by atoms with Crippen LogP contribution in [0.5, 0.6) is 11.5 Å². The summed E-state index contributed by atoms with van der Waals surface area (Å²) < 4.78 is 11.6. The molecule has 0 aliphatic carbocycles. The molecule has 1 aliphatic rings. The van der Waals surface area contributed by atoms with Gasteiger partial charge in [-0.1, -0.05) is 12.1 Å². The molecule has 1 amide bonds. The highest BCUT2D eigenvalue weighted by Crippen LogP contribution is 2.31. The van der Waals surface area contributed by atoms with Gasteiger partial charge in [-0.15, -0.1) is 0 Å². The Morgan fingerprint density at radius 1 is 1.30 bits per heavy atom. The van der Waals surface area contributed by atoms with E-state index in [1.807, 2.05) is 31.2 Å². The molecule has 1 atom stereocenters. The van der Waals surface area contributed by atoms with Crippen LogP contribution in [0, 0.1) is 0 Å². The summed E-state index contributed by atoms with van der Waals surface area (Å²) in [5.41, 5.74) is 6.51. The zero-order valence-electron chi connectivity index (χ0n) is 12.9. The van der Waals surface area contributed by atoms with Crippen LogP contribution in [0.25, 0.3) is 0 Å². The number of likely N-dealkylation sites (N-methyl/N-ethyl adjacent to an activating group) is 1. The molecule has 0 saturated carbocycles. The lowest BCUT2D eigenvalue weighted by molar-refractivity contribution is 0.0471. The molecule has 0 bridgehead atoms. The van der Waals surface area contributed by atoms with Gasteiger partial charge >= 0.3 is 0 Å². The smallest absolute Gasteiger partial charge is 0.272 e. The normalized spacial score (nSPS) is 16.0. The molecule has 6 heteroatoms. The lowest BCUT2D eigenvalue weighted by Crippen LogP contribution is -2.43. The number of anilines is 1. The van der Waals surface area contributed by atoms with Gasteiger partial charge in [-0.2, -0.15) is 0 Å². The fourth-order valence-corrected chi connectivity index (χ4v) is 2.45. The van der Waals surface area contributed by atoms with Crippen molar-refractivity contribution in [2.75, 3.05) is 25.4 Å². The maximum Gasteiger partial charge on any atom is 0.272 e. The summed E-state index contributed by atoms with van der Waals surface area (Å²) in [4.78, 5) is 18.3. The van der Waals surface area contributed by atoms with Gasteiger partial charge in [0.25, 0.3) is 5.91 Å². The predicted octanol–water partition coefficient (Wildman–Crippen LogP) is 1.97. The van der Waals surface area contributed by atoms with Gasteiger partial charge in [0.15, 0.2) is 17.6 Å². The minimum absolute atomic E-state index is 0.144. The van der Waals surface area contributed by atoms with E-state index in [4.69, 9.17) is 15.2 Å². The molecule has 1 aromatic heterocycles. The van der Waals surface area contributed by atoms with Gasteiger partial charge in [0.2, 0.25) is 0 Å². The van der Waals surface area contributed by atoms with Crippen molar-refractivity contribution in [1.82, 2.24) is 9.88 Å². The quantitative estimate of drug-likeness (QED) is 0.933. The average molecular weight is 313 g/mol. The third-order valence-corrected chi connectivity index (χ3v) is 3.67. The first kappa shape index (κ1) is 15.1. The molecule has 23 heavy (non-hydrogen) atoms. The molecule has 2 heterocycles. The van der Waals surface area contributed by atoms with Crippen LogP contribution in [0.1, 0.15) is 17.4 Å². The fourth-order valence-electron chi connectivity index (χ4n) is 2.45. The second-order valence-electron chi connectivity index (χ2n) is 5.32. The number of hydrogen-bond acceptors (Lipinski definition) is 5. The molecule has 6 nitrogen and oxygen atoms in total. The lowest BCUT2D eigenvalue weighted by Gasteiger charge is -2.30. The monoisotopic (exact) mass is 313 g/mol. The molecular weight excluding hydrogens is 294 g/mol. The maximum atomic E-state index is 12.5. The van der Waals surface area contributed by atoms with Gasteiger partial charge in [0.05, 0.1) is 18.4 Å². The number of rotatable bonds is 4. The maximum absolute atomic E-state index is 12.5. The molecule has 120 valence electrons. The first-order valence-corrected chi connectivity index (χ1v) is 7.56. The molecule has 1 unspecified atom stereocenters. The highest BCUT2D eigenvalue weighted by Gasteiger charge is 2.25.